The van der Waals surface area contributed by atoms with Gasteiger partial charge in [-0.2, -0.15) is 5.10 Å². The Bertz CT molecular complexity index is 619. The van der Waals surface area contributed by atoms with Crippen LogP contribution in [0.2, 0.25) is 0 Å². The molecular formula is C14H18N4O3. The molecule has 0 spiro atoms. The predicted molar refractivity (Wildman–Crippen MR) is 76.4 cm³/mol. The summed E-state index contributed by atoms with van der Waals surface area (Å²) in [6.45, 7) is 2.03. The van der Waals surface area contributed by atoms with Crippen molar-refractivity contribution in [2.45, 2.75) is 25.4 Å². The Morgan fingerprint density at radius 3 is 2.95 bits per heavy atom. The van der Waals surface area contributed by atoms with E-state index >= 15 is 0 Å². The number of piperidine rings is 1. The molecule has 3 rings (SSSR count). The van der Waals surface area contributed by atoms with Gasteiger partial charge in [-0.05, 0) is 18.9 Å². The molecule has 0 atom stereocenters. The standard InChI is InChI=1S/C14H18N4O3/c19-14(20)5-10-21-11-2-7-17(8-3-11)12-4-9-18-13(16-12)1-6-15-18/h1,4,6,9,11H,2-3,5,7-8,10H2,(H,19,20). The first-order valence-electron chi connectivity index (χ1n) is 7.11. The topological polar surface area (TPSA) is 80.0 Å². The van der Waals surface area contributed by atoms with Gasteiger partial charge in [0.05, 0.1) is 25.3 Å². The molecule has 3 heterocycles. The maximum Gasteiger partial charge on any atom is 0.305 e. The van der Waals surface area contributed by atoms with Crippen molar-refractivity contribution >= 4 is 17.4 Å². The van der Waals surface area contributed by atoms with Gasteiger partial charge < -0.3 is 14.7 Å². The second kappa shape index (κ2) is 6.09. The highest BCUT2D eigenvalue weighted by atomic mass is 16.5. The monoisotopic (exact) mass is 290 g/mol. The fourth-order valence-electron chi connectivity index (χ4n) is 2.54. The van der Waals surface area contributed by atoms with Crippen LogP contribution in [-0.4, -0.2) is 51.5 Å². The lowest BCUT2D eigenvalue weighted by atomic mass is 10.1. The third-order valence-electron chi connectivity index (χ3n) is 3.68. The number of hydrogen-bond donors (Lipinski definition) is 1. The molecule has 1 N–H and O–H groups in total. The highest BCUT2D eigenvalue weighted by Crippen LogP contribution is 2.20. The summed E-state index contributed by atoms with van der Waals surface area (Å²) in [7, 11) is 0. The van der Waals surface area contributed by atoms with Crippen molar-refractivity contribution in [1.82, 2.24) is 14.6 Å². The van der Waals surface area contributed by atoms with E-state index in [1.807, 2.05) is 18.3 Å². The molecule has 0 amide bonds. The molecule has 0 aromatic carbocycles. The van der Waals surface area contributed by atoms with Gasteiger partial charge in [-0.1, -0.05) is 0 Å². The van der Waals surface area contributed by atoms with Crippen LogP contribution in [0.5, 0.6) is 0 Å². The minimum atomic E-state index is -0.814. The number of aliphatic carboxylic acids is 1. The van der Waals surface area contributed by atoms with Gasteiger partial charge in [-0.15, -0.1) is 0 Å². The molecule has 0 unspecified atom stereocenters. The van der Waals surface area contributed by atoms with Gasteiger partial charge in [0.15, 0.2) is 5.65 Å². The Kier molecular flexibility index (Phi) is 4.01. The van der Waals surface area contributed by atoms with Crippen LogP contribution in [0.4, 0.5) is 5.82 Å². The molecule has 0 aliphatic carbocycles. The van der Waals surface area contributed by atoms with Crippen molar-refractivity contribution in [2.75, 3.05) is 24.6 Å². The molecule has 7 nitrogen and oxygen atoms in total. The quantitative estimate of drug-likeness (QED) is 0.891. The third kappa shape index (κ3) is 3.30. The SMILES string of the molecule is O=C(O)CCOC1CCN(c2ccn3nccc3n2)CC1. The molecule has 7 heteroatoms. The molecule has 21 heavy (non-hydrogen) atoms. The Hall–Kier alpha value is -2.15. The number of aromatic nitrogens is 3. The number of ether oxygens (including phenoxy) is 1. The van der Waals surface area contributed by atoms with Crippen molar-refractivity contribution in [3.63, 3.8) is 0 Å². The number of carboxylic acids is 1. The zero-order chi connectivity index (χ0) is 14.7. The van der Waals surface area contributed by atoms with Crippen LogP contribution in [0.1, 0.15) is 19.3 Å². The molecule has 1 aliphatic heterocycles. The van der Waals surface area contributed by atoms with Gasteiger partial charge in [0.2, 0.25) is 0 Å². The molecule has 2 aromatic rings. The predicted octanol–water partition coefficient (Wildman–Crippen LogP) is 1.19. The van der Waals surface area contributed by atoms with Crippen LogP contribution in [-0.2, 0) is 9.53 Å². The van der Waals surface area contributed by atoms with Gasteiger partial charge in [-0.3, -0.25) is 4.79 Å². The van der Waals surface area contributed by atoms with Gasteiger partial charge in [0.1, 0.15) is 5.82 Å². The number of hydrogen-bond acceptors (Lipinski definition) is 5. The zero-order valence-corrected chi connectivity index (χ0v) is 11.7. The van der Waals surface area contributed by atoms with Crippen LogP contribution in [0.3, 0.4) is 0 Å². The summed E-state index contributed by atoms with van der Waals surface area (Å²) in [5, 5.41) is 12.7. The highest BCUT2D eigenvalue weighted by molar-refractivity contribution is 5.66. The first-order valence-corrected chi connectivity index (χ1v) is 7.11. The van der Waals surface area contributed by atoms with Crippen molar-refractivity contribution in [3.05, 3.63) is 24.5 Å². The van der Waals surface area contributed by atoms with Crippen molar-refractivity contribution in [1.29, 1.82) is 0 Å². The summed E-state index contributed by atoms with van der Waals surface area (Å²) in [6, 6.07) is 3.84. The Morgan fingerprint density at radius 1 is 1.38 bits per heavy atom. The minimum absolute atomic E-state index is 0.0691. The number of fused-ring (bicyclic) bond motifs is 1. The third-order valence-corrected chi connectivity index (χ3v) is 3.68. The zero-order valence-electron chi connectivity index (χ0n) is 11.7. The van der Waals surface area contributed by atoms with E-state index < -0.39 is 5.97 Å². The Morgan fingerprint density at radius 2 is 2.19 bits per heavy atom. The summed E-state index contributed by atoms with van der Waals surface area (Å²) in [5.41, 5.74) is 0.840. The van der Waals surface area contributed by atoms with Crippen LogP contribution < -0.4 is 4.90 Å². The van der Waals surface area contributed by atoms with Gasteiger partial charge in [0, 0.05) is 25.4 Å². The summed E-state index contributed by atoms with van der Waals surface area (Å²) < 4.78 is 7.34. The lowest BCUT2D eigenvalue weighted by Gasteiger charge is -2.32. The maximum atomic E-state index is 10.5. The summed E-state index contributed by atoms with van der Waals surface area (Å²) in [4.78, 5) is 17.3. The Labute approximate surface area is 122 Å². The van der Waals surface area contributed by atoms with E-state index in [1.54, 1.807) is 10.7 Å². The van der Waals surface area contributed by atoms with E-state index in [1.165, 1.54) is 0 Å². The number of anilines is 1. The van der Waals surface area contributed by atoms with Crippen molar-refractivity contribution in [3.8, 4) is 0 Å². The molecule has 1 saturated heterocycles. The van der Waals surface area contributed by atoms with Gasteiger partial charge in [-0.25, -0.2) is 9.50 Å². The van der Waals surface area contributed by atoms with Crippen LogP contribution in [0.15, 0.2) is 24.5 Å². The van der Waals surface area contributed by atoms with Crippen LogP contribution in [0, 0.1) is 0 Å². The van der Waals surface area contributed by atoms with Crippen LogP contribution in [0.25, 0.3) is 5.65 Å². The highest BCUT2D eigenvalue weighted by Gasteiger charge is 2.21. The van der Waals surface area contributed by atoms with E-state index in [9.17, 15) is 4.79 Å². The second-order valence-electron chi connectivity index (χ2n) is 5.12. The largest absolute Gasteiger partial charge is 0.481 e. The van der Waals surface area contributed by atoms with Crippen LogP contribution >= 0.6 is 0 Å². The number of carboxylic acid groups (broad SMARTS) is 1. The molecule has 112 valence electrons. The van der Waals surface area contributed by atoms with Crippen molar-refractivity contribution in [2.24, 2.45) is 0 Å². The average Bonchev–Trinajstić information content (AvgIpc) is 2.95. The van der Waals surface area contributed by atoms with Gasteiger partial charge >= 0.3 is 5.97 Å². The number of rotatable bonds is 5. The minimum Gasteiger partial charge on any atom is -0.481 e. The number of nitrogens with zero attached hydrogens (tertiary/aromatic N) is 4. The summed E-state index contributed by atoms with van der Waals surface area (Å²) in [5.74, 6) is 0.137. The molecule has 1 fully saturated rings. The molecular weight excluding hydrogens is 272 g/mol. The fourth-order valence-corrected chi connectivity index (χ4v) is 2.54. The maximum absolute atomic E-state index is 10.5. The normalized spacial score (nSPS) is 16.5. The van der Waals surface area contributed by atoms with Gasteiger partial charge in [0.25, 0.3) is 0 Å². The molecule has 2 aromatic heterocycles. The van der Waals surface area contributed by atoms with E-state index in [0.717, 1.165) is 37.4 Å². The Balaban J connectivity index is 1.54. The van der Waals surface area contributed by atoms with E-state index in [0.29, 0.717) is 6.61 Å². The lowest BCUT2D eigenvalue weighted by molar-refractivity contribution is -0.138. The molecule has 0 bridgehead atoms. The molecule has 0 radical (unpaired) electrons. The second-order valence-corrected chi connectivity index (χ2v) is 5.12. The van der Waals surface area contributed by atoms with E-state index in [4.69, 9.17) is 9.84 Å². The smallest absolute Gasteiger partial charge is 0.305 e. The first-order chi connectivity index (χ1) is 10.2. The molecule has 1 aliphatic rings. The number of carbonyl (C=O) groups is 1. The summed E-state index contributed by atoms with van der Waals surface area (Å²) >= 11 is 0. The first kappa shape index (κ1) is 13.8. The van der Waals surface area contributed by atoms with E-state index in [-0.39, 0.29) is 12.5 Å². The van der Waals surface area contributed by atoms with E-state index in [2.05, 4.69) is 15.0 Å². The fraction of sp³-hybridized carbons (Fsp3) is 0.500. The lowest BCUT2D eigenvalue weighted by Crippen LogP contribution is -2.37. The van der Waals surface area contributed by atoms with Crippen molar-refractivity contribution < 1.29 is 14.6 Å². The molecule has 0 saturated carbocycles. The summed E-state index contributed by atoms with van der Waals surface area (Å²) in [6.07, 6.45) is 5.65. The average molecular weight is 290 g/mol.